The average Bonchev–Trinajstić information content (AvgIpc) is 3.18. The lowest BCUT2D eigenvalue weighted by Crippen LogP contribution is -2.44. The lowest BCUT2D eigenvalue weighted by Gasteiger charge is -2.20. The number of nitrogens with two attached hydrogens (primary N) is 1. The van der Waals surface area contributed by atoms with Crippen molar-refractivity contribution in [1.82, 2.24) is 16.3 Å². The number of carboxylic acid groups (broad SMARTS) is 1. The van der Waals surface area contributed by atoms with E-state index in [9.17, 15) is 14.7 Å². The van der Waals surface area contributed by atoms with Crippen molar-refractivity contribution in [1.29, 1.82) is 0 Å². The summed E-state index contributed by atoms with van der Waals surface area (Å²) in [4.78, 5) is 23.4. The number of hydrazine groups is 2. The molecule has 158 valence electrons. The molecule has 2 aromatic carbocycles. The Morgan fingerprint density at radius 3 is 2.73 bits per heavy atom. The maximum atomic E-state index is 11.9. The van der Waals surface area contributed by atoms with E-state index in [0.29, 0.717) is 22.2 Å². The van der Waals surface area contributed by atoms with Crippen LogP contribution >= 0.6 is 11.6 Å². The van der Waals surface area contributed by atoms with Crippen molar-refractivity contribution in [3.05, 3.63) is 59.1 Å². The van der Waals surface area contributed by atoms with Gasteiger partial charge in [0.05, 0.1) is 5.69 Å². The summed E-state index contributed by atoms with van der Waals surface area (Å²) >= 11 is 5.90. The lowest BCUT2D eigenvalue weighted by atomic mass is 10.1. The number of carbonyl (C=O) groups excluding carboxylic acids is 1. The van der Waals surface area contributed by atoms with Crippen LogP contribution in [0.15, 0.2) is 53.6 Å². The number of nitrogens with one attached hydrogen (secondary N) is 3. The number of anilines is 2. The van der Waals surface area contributed by atoms with Gasteiger partial charge in [0.1, 0.15) is 24.2 Å². The summed E-state index contributed by atoms with van der Waals surface area (Å²) < 4.78 is 5.07. The predicted molar refractivity (Wildman–Crippen MR) is 112 cm³/mol. The summed E-state index contributed by atoms with van der Waals surface area (Å²) in [5.41, 5.74) is 13.5. The van der Waals surface area contributed by atoms with Gasteiger partial charge < -0.3 is 20.9 Å². The number of carboxylic acids is 1. The number of alkyl carbamates (subject to hydrolysis) is 1. The van der Waals surface area contributed by atoms with Crippen LogP contribution in [-0.4, -0.2) is 29.0 Å². The molecule has 11 heteroatoms. The maximum Gasteiger partial charge on any atom is 0.408 e. The molecule has 0 saturated heterocycles. The Labute approximate surface area is 177 Å². The highest BCUT2D eigenvalue weighted by molar-refractivity contribution is 6.31. The van der Waals surface area contributed by atoms with Gasteiger partial charge >= 0.3 is 12.1 Å². The van der Waals surface area contributed by atoms with Crippen LogP contribution in [0, 0.1) is 0 Å². The zero-order valence-electron chi connectivity index (χ0n) is 15.8. The number of hydrazone groups is 1. The number of ether oxygens (including phenoxy) is 1. The highest BCUT2D eigenvalue weighted by Crippen LogP contribution is 2.25. The molecule has 0 aromatic heterocycles. The number of aliphatic carboxylic acids is 1. The largest absolute Gasteiger partial charge is 0.480 e. The molecule has 0 unspecified atom stereocenters. The van der Waals surface area contributed by atoms with Gasteiger partial charge in [-0.1, -0.05) is 41.9 Å². The molecule has 2 aromatic rings. The third kappa shape index (κ3) is 5.67. The van der Waals surface area contributed by atoms with Gasteiger partial charge in [-0.3, -0.25) is 5.43 Å². The zero-order chi connectivity index (χ0) is 21.5. The first-order chi connectivity index (χ1) is 14.4. The van der Waals surface area contributed by atoms with E-state index < -0.39 is 18.1 Å². The monoisotopic (exact) mass is 432 g/mol. The van der Waals surface area contributed by atoms with Crippen LogP contribution < -0.4 is 27.1 Å². The van der Waals surface area contributed by atoms with Crippen LogP contribution in [0.3, 0.4) is 0 Å². The Kier molecular flexibility index (Phi) is 6.81. The second-order valence-electron chi connectivity index (χ2n) is 6.44. The van der Waals surface area contributed by atoms with E-state index in [1.807, 2.05) is 18.2 Å². The number of hydrogen-bond donors (Lipinski definition) is 5. The van der Waals surface area contributed by atoms with Crippen LogP contribution in [-0.2, 0) is 16.1 Å². The standard InChI is InChI=1S/C19H21ClN6O4/c20-13-6-8-16(14(21)10-13)26-24-17(23-25-26)9-7-15(18(27)28)22-19(29)30-11-12-4-2-1-3-5-12/h1-6,8,10,15,25H,7,9,11,21H2,(H,22,29)(H,23,24)(H,27,28)/t15-/m0/s1. The summed E-state index contributed by atoms with van der Waals surface area (Å²) in [6.07, 6.45) is -0.443. The lowest BCUT2D eigenvalue weighted by molar-refractivity contribution is -0.139. The van der Waals surface area contributed by atoms with E-state index in [-0.39, 0.29) is 19.4 Å². The number of amidine groups is 1. The number of nitrogen functional groups attached to an aromatic ring is 1. The van der Waals surface area contributed by atoms with Crippen molar-refractivity contribution >= 4 is 40.9 Å². The smallest absolute Gasteiger partial charge is 0.408 e. The van der Waals surface area contributed by atoms with E-state index in [1.54, 1.807) is 30.3 Å². The van der Waals surface area contributed by atoms with Gasteiger partial charge in [-0.15, -0.1) is 5.10 Å². The third-order valence-corrected chi connectivity index (χ3v) is 4.46. The van der Waals surface area contributed by atoms with Gasteiger partial charge in [0, 0.05) is 11.4 Å². The summed E-state index contributed by atoms with van der Waals surface area (Å²) in [5, 5.41) is 17.8. The van der Waals surface area contributed by atoms with Crippen LogP contribution in [0.25, 0.3) is 0 Å². The van der Waals surface area contributed by atoms with Crippen LogP contribution in [0.5, 0.6) is 0 Å². The van der Waals surface area contributed by atoms with E-state index in [0.717, 1.165) is 5.56 Å². The van der Waals surface area contributed by atoms with E-state index in [1.165, 1.54) is 5.12 Å². The Balaban J connectivity index is 1.47. The van der Waals surface area contributed by atoms with Gasteiger partial charge in [0.25, 0.3) is 0 Å². The molecule has 1 atom stereocenters. The molecular weight excluding hydrogens is 412 g/mol. The Morgan fingerprint density at radius 1 is 1.27 bits per heavy atom. The molecule has 1 heterocycles. The number of carbonyl (C=O) groups is 2. The Bertz CT molecular complexity index is 940. The minimum absolute atomic E-state index is 0.0503. The summed E-state index contributed by atoms with van der Waals surface area (Å²) in [7, 11) is 0. The summed E-state index contributed by atoms with van der Waals surface area (Å²) in [5.74, 6) is -0.688. The maximum absolute atomic E-state index is 11.9. The van der Waals surface area contributed by atoms with E-state index in [4.69, 9.17) is 22.1 Å². The van der Waals surface area contributed by atoms with Crippen molar-refractivity contribution in [2.75, 3.05) is 10.9 Å². The molecule has 10 nitrogen and oxygen atoms in total. The van der Waals surface area contributed by atoms with Gasteiger partial charge in [-0.05, 0) is 30.2 Å². The average molecular weight is 433 g/mol. The molecule has 0 bridgehead atoms. The highest BCUT2D eigenvalue weighted by Gasteiger charge is 2.24. The number of benzene rings is 2. The number of hydrogen-bond acceptors (Lipinski definition) is 8. The topological polar surface area (TPSA) is 141 Å². The molecule has 0 aliphatic carbocycles. The first-order valence-electron chi connectivity index (χ1n) is 9.06. The number of halogens is 1. The molecule has 1 aliphatic rings. The number of amides is 1. The highest BCUT2D eigenvalue weighted by atomic mass is 35.5. The first kappa shape index (κ1) is 21.1. The molecule has 0 saturated carbocycles. The molecule has 1 aliphatic heterocycles. The third-order valence-electron chi connectivity index (χ3n) is 4.23. The number of nitrogens with zero attached hydrogens (tertiary/aromatic N) is 2. The normalized spacial score (nSPS) is 13.6. The van der Waals surface area contributed by atoms with Crippen LogP contribution in [0.1, 0.15) is 18.4 Å². The predicted octanol–water partition coefficient (Wildman–Crippen LogP) is 2.22. The molecule has 0 radical (unpaired) electrons. The molecule has 0 spiro atoms. The molecule has 0 fully saturated rings. The minimum Gasteiger partial charge on any atom is -0.480 e. The summed E-state index contributed by atoms with van der Waals surface area (Å²) in [6.45, 7) is 0.0503. The fraction of sp³-hybridized carbons (Fsp3) is 0.211. The van der Waals surface area contributed by atoms with Crippen LogP contribution in [0.4, 0.5) is 16.2 Å². The molecule has 3 rings (SSSR count). The van der Waals surface area contributed by atoms with Crippen LogP contribution in [0.2, 0.25) is 5.02 Å². The van der Waals surface area contributed by atoms with Gasteiger partial charge in [-0.25, -0.2) is 9.59 Å². The van der Waals surface area contributed by atoms with Crippen molar-refractivity contribution in [3.63, 3.8) is 0 Å². The van der Waals surface area contributed by atoms with Crippen molar-refractivity contribution in [2.45, 2.75) is 25.5 Å². The molecule has 1 amide bonds. The minimum atomic E-state index is -1.17. The zero-order valence-corrected chi connectivity index (χ0v) is 16.6. The number of rotatable bonds is 8. The van der Waals surface area contributed by atoms with Crippen molar-refractivity contribution in [3.8, 4) is 0 Å². The molecule has 6 N–H and O–H groups in total. The van der Waals surface area contributed by atoms with Gasteiger partial charge in [0.15, 0.2) is 0 Å². The van der Waals surface area contributed by atoms with Crippen molar-refractivity contribution < 1.29 is 19.4 Å². The van der Waals surface area contributed by atoms with E-state index >= 15 is 0 Å². The Hall–Kier alpha value is -3.66. The second kappa shape index (κ2) is 9.70. The fourth-order valence-corrected chi connectivity index (χ4v) is 2.87. The summed E-state index contributed by atoms with van der Waals surface area (Å²) in [6, 6.07) is 13.0. The fourth-order valence-electron chi connectivity index (χ4n) is 2.69. The van der Waals surface area contributed by atoms with E-state index in [2.05, 4.69) is 21.4 Å². The first-order valence-corrected chi connectivity index (χ1v) is 9.44. The Morgan fingerprint density at radius 2 is 2.03 bits per heavy atom. The SMILES string of the molecule is Nc1cc(Cl)ccc1N1NN=C(CC[C@H](NC(=O)OCc2ccccc2)C(=O)O)N1. The van der Waals surface area contributed by atoms with Gasteiger partial charge in [-0.2, -0.15) is 10.7 Å². The second-order valence-corrected chi connectivity index (χ2v) is 6.88. The molecule has 30 heavy (non-hydrogen) atoms. The molecular formula is C19H21ClN6O4. The van der Waals surface area contributed by atoms with Crippen molar-refractivity contribution in [2.24, 2.45) is 5.10 Å². The quantitative estimate of drug-likeness (QED) is 0.400. The van der Waals surface area contributed by atoms with Gasteiger partial charge in [0.2, 0.25) is 0 Å².